The number of aliphatic hydroxyl groups is 3. The van der Waals surface area contributed by atoms with E-state index < -0.39 is 51.8 Å². The van der Waals surface area contributed by atoms with Crippen molar-refractivity contribution in [2.24, 2.45) is 5.92 Å². The lowest BCUT2D eigenvalue weighted by Gasteiger charge is -2.20. The first-order valence-corrected chi connectivity index (χ1v) is 20.2. The number of unbranched alkanes of at least 4 members (excludes halogenated alkanes) is 7. The highest BCUT2D eigenvalue weighted by atomic mass is 31.2. The fraction of sp³-hybridized carbons (Fsp3) is 0.692. The predicted molar refractivity (Wildman–Crippen MR) is 202 cm³/mol. The molecule has 0 aliphatic carbocycles. The maximum absolute atomic E-state index is 12.5. The summed E-state index contributed by atoms with van der Waals surface area (Å²) in [5.41, 5.74) is 0. The zero-order valence-corrected chi connectivity index (χ0v) is 32.2. The molecule has 0 fully saturated rings. The molecular formula is C39H67O11P. The van der Waals surface area contributed by atoms with Gasteiger partial charge in [-0.15, -0.1) is 0 Å². The van der Waals surface area contributed by atoms with Gasteiger partial charge in [-0.2, -0.15) is 0 Å². The molecule has 0 aliphatic heterocycles. The molecule has 0 radical (unpaired) electrons. The number of hydrogen-bond donors (Lipinski definition) is 4. The minimum absolute atomic E-state index is 0.147. The second kappa shape index (κ2) is 33.5. The topological polar surface area (TPSA) is 169 Å². The molecule has 0 aromatic carbocycles. The Bertz CT molecular complexity index is 1070. The van der Waals surface area contributed by atoms with E-state index in [0.29, 0.717) is 25.7 Å². The molecule has 0 amide bonds. The van der Waals surface area contributed by atoms with Gasteiger partial charge >= 0.3 is 19.8 Å². The molecule has 0 heterocycles. The van der Waals surface area contributed by atoms with Crippen LogP contribution in [-0.2, 0) is 32.7 Å². The molecule has 11 nitrogen and oxygen atoms in total. The number of hydrogen-bond acceptors (Lipinski definition) is 10. The van der Waals surface area contributed by atoms with Crippen LogP contribution in [0.25, 0.3) is 0 Å². The molecule has 294 valence electrons. The third-order valence-corrected chi connectivity index (χ3v) is 8.47. The van der Waals surface area contributed by atoms with Crippen molar-refractivity contribution in [2.75, 3.05) is 26.4 Å². The van der Waals surface area contributed by atoms with Gasteiger partial charge in [-0.3, -0.25) is 18.6 Å². The summed E-state index contributed by atoms with van der Waals surface area (Å²) in [6.07, 6.45) is 30.3. The third-order valence-electron chi connectivity index (χ3n) is 7.52. The molecular weight excluding hydrogens is 675 g/mol. The summed E-state index contributed by atoms with van der Waals surface area (Å²) in [5, 5.41) is 27.7. The van der Waals surface area contributed by atoms with Crippen molar-refractivity contribution in [1.82, 2.24) is 0 Å². The minimum Gasteiger partial charge on any atom is -0.462 e. The predicted octanol–water partition coefficient (Wildman–Crippen LogP) is 7.99. The van der Waals surface area contributed by atoms with Crippen molar-refractivity contribution >= 4 is 19.8 Å². The van der Waals surface area contributed by atoms with Crippen LogP contribution in [0.3, 0.4) is 0 Å². The van der Waals surface area contributed by atoms with E-state index in [1.165, 1.54) is 25.7 Å². The Balaban J connectivity index is 4.48. The van der Waals surface area contributed by atoms with Crippen molar-refractivity contribution in [3.05, 3.63) is 60.8 Å². The van der Waals surface area contributed by atoms with Gasteiger partial charge in [0, 0.05) is 12.8 Å². The molecule has 0 bridgehead atoms. The summed E-state index contributed by atoms with van der Waals surface area (Å²) in [6.45, 7) is 4.18. The highest BCUT2D eigenvalue weighted by Gasteiger charge is 2.27. The van der Waals surface area contributed by atoms with Gasteiger partial charge < -0.3 is 29.7 Å². The maximum Gasteiger partial charge on any atom is 0.472 e. The lowest BCUT2D eigenvalue weighted by molar-refractivity contribution is -0.161. The summed E-state index contributed by atoms with van der Waals surface area (Å²) < 4.78 is 32.4. The van der Waals surface area contributed by atoms with Crippen LogP contribution in [0.4, 0.5) is 0 Å². The van der Waals surface area contributed by atoms with Gasteiger partial charge in [-0.25, -0.2) is 4.57 Å². The molecule has 0 rings (SSSR count). The molecule has 51 heavy (non-hydrogen) atoms. The molecule has 0 aromatic heterocycles. The molecule has 1 unspecified atom stereocenters. The zero-order chi connectivity index (χ0) is 38.0. The molecule has 12 heteroatoms. The van der Waals surface area contributed by atoms with Gasteiger partial charge in [0.15, 0.2) is 6.10 Å². The lowest BCUT2D eigenvalue weighted by Crippen LogP contribution is -2.29. The second-order valence-electron chi connectivity index (χ2n) is 12.9. The Morgan fingerprint density at radius 3 is 1.90 bits per heavy atom. The van der Waals surface area contributed by atoms with Crippen LogP contribution >= 0.6 is 7.82 Å². The van der Waals surface area contributed by atoms with Crippen LogP contribution in [0.2, 0.25) is 0 Å². The average Bonchev–Trinajstić information content (AvgIpc) is 3.10. The van der Waals surface area contributed by atoms with E-state index in [1.807, 2.05) is 37.3 Å². The number of carbonyl (C=O) groups is 2. The van der Waals surface area contributed by atoms with E-state index in [1.54, 1.807) is 6.08 Å². The number of rotatable bonds is 33. The van der Waals surface area contributed by atoms with Crippen LogP contribution in [0.1, 0.15) is 124 Å². The zero-order valence-electron chi connectivity index (χ0n) is 31.3. The van der Waals surface area contributed by atoms with E-state index in [4.69, 9.17) is 19.1 Å². The van der Waals surface area contributed by atoms with Crippen molar-refractivity contribution in [1.29, 1.82) is 0 Å². The number of aliphatic hydroxyl groups excluding tert-OH is 3. The van der Waals surface area contributed by atoms with E-state index in [2.05, 4.69) is 42.7 Å². The molecule has 0 aromatic rings. The first-order valence-electron chi connectivity index (χ1n) is 18.7. The Labute approximate surface area is 307 Å². The van der Waals surface area contributed by atoms with Crippen molar-refractivity contribution in [2.45, 2.75) is 142 Å². The Morgan fingerprint density at radius 2 is 1.27 bits per heavy atom. The number of ether oxygens (including phenoxy) is 2. The number of allylic oxidation sites excluding steroid dienone is 9. The fourth-order valence-corrected chi connectivity index (χ4v) is 5.25. The molecule has 0 saturated carbocycles. The SMILES string of the molecule is CC[C@H](O)/C=C/C=C\C/C=C\C/C=C\C/C=C\CCCC(=O)OC[C@H](COP(=O)(O)OC[C@@H](O)CO)OC(=O)CCCCCCCCCC(C)C. The average molecular weight is 743 g/mol. The van der Waals surface area contributed by atoms with Crippen LogP contribution in [0.5, 0.6) is 0 Å². The highest BCUT2D eigenvalue weighted by molar-refractivity contribution is 7.47. The number of carbonyl (C=O) groups excluding carboxylic acids is 2. The lowest BCUT2D eigenvalue weighted by atomic mass is 10.0. The van der Waals surface area contributed by atoms with Crippen LogP contribution in [-0.4, -0.2) is 76.9 Å². The normalized spacial score (nSPS) is 15.5. The van der Waals surface area contributed by atoms with Crippen LogP contribution in [0.15, 0.2) is 60.8 Å². The van der Waals surface area contributed by atoms with Crippen molar-refractivity contribution in [3.8, 4) is 0 Å². The molecule has 0 aliphatic rings. The number of phosphoric ester groups is 1. The molecule has 0 saturated heterocycles. The minimum atomic E-state index is -4.63. The third kappa shape index (κ3) is 34.5. The van der Waals surface area contributed by atoms with Gasteiger partial charge in [0.25, 0.3) is 0 Å². The van der Waals surface area contributed by atoms with Crippen molar-refractivity contribution in [3.63, 3.8) is 0 Å². The summed E-state index contributed by atoms with van der Waals surface area (Å²) in [4.78, 5) is 34.7. The molecule has 4 N–H and O–H groups in total. The second-order valence-corrected chi connectivity index (χ2v) is 14.4. The molecule has 4 atom stereocenters. The summed E-state index contributed by atoms with van der Waals surface area (Å²) in [6, 6.07) is 0. The van der Waals surface area contributed by atoms with Crippen LogP contribution in [0, 0.1) is 5.92 Å². The smallest absolute Gasteiger partial charge is 0.462 e. The fourth-order valence-electron chi connectivity index (χ4n) is 4.46. The van der Waals surface area contributed by atoms with Gasteiger partial charge in [-0.05, 0) is 50.9 Å². The van der Waals surface area contributed by atoms with Gasteiger partial charge in [0.05, 0.1) is 25.9 Å². The largest absolute Gasteiger partial charge is 0.472 e. The van der Waals surface area contributed by atoms with E-state index in [0.717, 1.165) is 44.4 Å². The first-order chi connectivity index (χ1) is 24.5. The Hall–Kier alpha value is -2.37. The number of phosphoric acid groups is 1. The Kier molecular flexibility index (Phi) is 31.9. The monoisotopic (exact) mass is 742 g/mol. The van der Waals surface area contributed by atoms with Gasteiger partial charge in [-0.1, -0.05) is 126 Å². The standard InChI is InChI=1S/C39H67O11P/c1-4-35(41)27-23-19-15-11-9-7-5-6-8-10-12-16-20-24-28-38(43)47-32-37(33-49-51(45,46)48-31-36(42)30-40)50-39(44)29-25-21-17-13-14-18-22-26-34(2)3/h6-9,12,15-16,19,23,27,34-37,40-42H,4-5,10-11,13-14,17-18,20-22,24-26,28-33H2,1-3H3,(H,45,46)/b8-6-,9-7-,16-12-,19-15-,27-23+/t35-,36-,37+/m0/s1. The van der Waals surface area contributed by atoms with Crippen LogP contribution < -0.4 is 0 Å². The highest BCUT2D eigenvalue weighted by Crippen LogP contribution is 2.43. The van der Waals surface area contributed by atoms with Crippen molar-refractivity contribution < 1.29 is 52.9 Å². The summed E-state index contributed by atoms with van der Waals surface area (Å²) in [5.74, 6) is -0.296. The van der Waals surface area contributed by atoms with Gasteiger partial charge in [0.1, 0.15) is 12.7 Å². The summed E-state index contributed by atoms with van der Waals surface area (Å²) >= 11 is 0. The van der Waals surface area contributed by atoms with E-state index in [9.17, 15) is 29.3 Å². The Morgan fingerprint density at radius 1 is 0.706 bits per heavy atom. The van der Waals surface area contributed by atoms with Gasteiger partial charge in [0.2, 0.25) is 0 Å². The quantitative estimate of drug-likeness (QED) is 0.0169. The van der Waals surface area contributed by atoms with E-state index >= 15 is 0 Å². The molecule has 0 spiro atoms. The first kappa shape index (κ1) is 48.6. The number of esters is 2. The summed E-state index contributed by atoms with van der Waals surface area (Å²) in [7, 11) is -4.63. The maximum atomic E-state index is 12.5. The van der Waals surface area contributed by atoms with E-state index in [-0.39, 0.29) is 25.6 Å².